The van der Waals surface area contributed by atoms with Gasteiger partial charge in [-0.3, -0.25) is 4.79 Å². The quantitative estimate of drug-likeness (QED) is 0.651. The smallest absolute Gasteiger partial charge is 0.174 e. The largest absolute Gasteiger partial charge is 0.507 e. The van der Waals surface area contributed by atoms with E-state index in [0.29, 0.717) is 14.2 Å². The standard InChI is InChI=1S/C20H16Cl2O2S/c1-2-10-3-4-11(15-9-16(21)25-20(15)22)8-14(10)17-18(23)12-5-6-13(7-12)19(17)24/h3-4,7-9,12,24H,2,5-6H2,1H3/t12-/m1/s1. The van der Waals surface area contributed by atoms with Crippen molar-refractivity contribution in [1.82, 2.24) is 0 Å². The lowest BCUT2D eigenvalue weighted by Crippen LogP contribution is -2.17. The molecule has 0 fully saturated rings. The lowest BCUT2D eigenvalue weighted by Gasteiger charge is -2.19. The number of allylic oxidation sites excluding steroid dienone is 3. The highest BCUT2D eigenvalue weighted by Gasteiger charge is 2.36. The SMILES string of the molecule is CCc1ccc(-c2cc(Cl)sc2Cl)cc1C1=C(O)C2=C[C@@H](CC2)C1=O. The first-order valence-electron chi connectivity index (χ1n) is 8.26. The summed E-state index contributed by atoms with van der Waals surface area (Å²) in [6.45, 7) is 2.05. The minimum absolute atomic E-state index is 0.0139. The van der Waals surface area contributed by atoms with Crippen molar-refractivity contribution >= 4 is 45.9 Å². The van der Waals surface area contributed by atoms with Crippen LogP contribution in [0.3, 0.4) is 0 Å². The molecule has 0 radical (unpaired) electrons. The van der Waals surface area contributed by atoms with Crippen LogP contribution in [0.25, 0.3) is 16.7 Å². The van der Waals surface area contributed by atoms with Crippen LogP contribution in [0, 0.1) is 5.92 Å². The highest BCUT2D eigenvalue weighted by Crippen LogP contribution is 2.44. The van der Waals surface area contributed by atoms with Crippen molar-refractivity contribution in [2.24, 2.45) is 5.92 Å². The number of aryl methyl sites for hydroxylation is 1. The Morgan fingerprint density at radius 3 is 2.72 bits per heavy atom. The second-order valence-corrected chi connectivity index (χ2v) is 8.67. The first kappa shape index (κ1) is 16.9. The van der Waals surface area contributed by atoms with Crippen molar-refractivity contribution in [2.75, 3.05) is 0 Å². The maximum absolute atomic E-state index is 12.9. The summed E-state index contributed by atoms with van der Waals surface area (Å²) < 4.78 is 1.25. The summed E-state index contributed by atoms with van der Waals surface area (Å²) in [6, 6.07) is 7.79. The molecule has 1 aromatic carbocycles. The fraction of sp³-hybridized carbons (Fsp3) is 0.250. The Morgan fingerprint density at radius 1 is 1.24 bits per heavy atom. The summed E-state index contributed by atoms with van der Waals surface area (Å²) in [5.41, 5.74) is 4.95. The molecule has 0 saturated heterocycles. The van der Waals surface area contributed by atoms with Gasteiger partial charge >= 0.3 is 0 Å². The number of rotatable bonds is 3. The molecule has 5 heteroatoms. The number of Topliss-reactive ketones (excluding diaryl/α,β-unsaturated/α-hetero) is 1. The van der Waals surface area contributed by atoms with Crippen LogP contribution in [0.15, 0.2) is 41.7 Å². The molecule has 0 saturated carbocycles. The number of carbonyl (C=O) groups is 1. The first-order valence-corrected chi connectivity index (χ1v) is 9.83. The van der Waals surface area contributed by atoms with Crippen molar-refractivity contribution < 1.29 is 9.90 Å². The highest BCUT2D eigenvalue weighted by molar-refractivity contribution is 7.20. The molecular weight excluding hydrogens is 375 g/mol. The molecule has 2 nitrogen and oxygen atoms in total. The van der Waals surface area contributed by atoms with E-state index in [1.807, 2.05) is 37.3 Å². The number of hydrogen-bond acceptors (Lipinski definition) is 3. The van der Waals surface area contributed by atoms with Crippen molar-refractivity contribution in [3.63, 3.8) is 0 Å². The number of hydrogen-bond donors (Lipinski definition) is 1. The van der Waals surface area contributed by atoms with Crippen molar-refractivity contribution in [1.29, 1.82) is 0 Å². The third-order valence-corrected chi connectivity index (χ3v) is 6.47. The molecule has 0 aliphatic heterocycles. The molecule has 2 aliphatic rings. The van der Waals surface area contributed by atoms with Crippen LogP contribution in [0.2, 0.25) is 8.67 Å². The van der Waals surface area contributed by atoms with E-state index in [-0.39, 0.29) is 17.5 Å². The van der Waals surface area contributed by atoms with Crippen LogP contribution in [0.4, 0.5) is 0 Å². The normalized spacial score (nSPS) is 19.6. The van der Waals surface area contributed by atoms with Gasteiger partial charge in [0.2, 0.25) is 0 Å². The van der Waals surface area contributed by atoms with Gasteiger partial charge in [-0.15, -0.1) is 11.3 Å². The fourth-order valence-corrected chi connectivity index (χ4v) is 5.18. The van der Waals surface area contributed by atoms with E-state index in [2.05, 4.69) is 0 Å². The second kappa shape index (κ2) is 6.31. The van der Waals surface area contributed by atoms with Gasteiger partial charge in [0.15, 0.2) is 5.78 Å². The zero-order valence-corrected chi connectivity index (χ0v) is 15.9. The molecule has 2 bridgehead atoms. The Balaban J connectivity index is 1.91. The van der Waals surface area contributed by atoms with E-state index < -0.39 is 0 Å². The molecule has 25 heavy (non-hydrogen) atoms. The summed E-state index contributed by atoms with van der Waals surface area (Å²) in [5, 5.41) is 10.7. The summed E-state index contributed by atoms with van der Waals surface area (Å²) in [7, 11) is 0. The van der Waals surface area contributed by atoms with Crippen LogP contribution < -0.4 is 0 Å². The van der Waals surface area contributed by atoms with Crippen molar-refractivity contribution in [3.05, 3.63) is 61.5 Å². The van der Waals surface area contributed by atoms with Gasteiger partial charge < -0.3 is 5.11 Å². The second-order valence-electron chi connectivity index (χ2n) is 6.39. The topological polar surface area (TPSA) is 37.3 Å². The number of ketones is 1. The van der Waals surface area contributed by atoms with E-state index in [1.54, 1.807) is 0 Å². The molecule has 1 heterocycles. The van der Waals surface area contributed by atoms with Gasteiger partial charge in [-0.25, -0.2) is 0 Å². The minimum atomic E-state index is -0.103. The average molecular weight is 391 g/mol. The molecule has 2 aliphatic carbocycles. The highest BCUT2D eigenvalue weighted by atomic mass is 35.5. The summed E-state index contributed by atoms with van der Waals surface area (Å²) in [4.78, 5) is 12.9. The van der Waals surface area contributed by atoms with Crippen LogP contribution in [0.5, 0.6) is 0 Å². The van der Waals surface area contributed by atoms with Gasteiger partial charge in [0.05, 0.1) is 9.91 Å². The molecule has 0 unspecified atom stereocenters. The van der Waals surface area contributed by atoms with E-state index in [9.17, 15) is 9.90 Å². The molecule has 1 aromatic heterocycles. The third-order valence-electron chi connectivity index (χ3n) is 4.98. The summed E-state index contributed by atoms with van der Waals surface area (Å²) in [5.74, 6) is 0.0496. The molecule has 4 rings (SSSR count). The third kappa shape index (κ3) is 2.75. The Hall–Kier alpha value is -1.55. The number of aliphatic hydroxyl groups is 1. The van der Waals surface area contributed by atoms with Gasteiger partial charge in [-0.2, -0.15) is 0 Å². The molecule has 1 atom stereocenters. The maximum Gasteiger partial charge on any atom is 0.174 e. The molecule has 128 valence electrons. The lowest BCUT2D eigenvalue weighted by atomic mass is 9.85. The van der Waals surface area contributed by atoms with Gasteiger partial charge in [0, 0.05) is 11.5 Å². The monoisotopic (exact) mass is 390 g/mol. The number of aliphatic hydroxyl groups excluding tert-OH is 1. The zero-order valence-electron chi connectivity index (χ0n) is 13.6. The van der Waals surface area contributed by atoms with Crippen LogP contribution >= 0.6 is 34.5 Å². The van der Waals surface area contributed by atoms with Gasteiger partial charge in [-0.05, 0) is 53.7 Å². The molecule has 0 amide bonds. The summed E-state index contributed by atoms with van der Waals surface area (Å²) >= 11 is 13.7. The maximum atomic E-state index is 12.9. The first-order chi connectivity index (χ1) is 12.0. The van der Waals surface area contributed by atoms with E-state index in [0.717, 1.165) is 47.1 Å². The summed E-state index contributed by atoms with van der Waals surface area (Å²) in [6.07, 6.45) is 4.24. The number of halogens is 2. The van der Waals surface area contributed by atoms with E-state index in [4.69, 9.17) is 23.2 Å². The van der Waals surface area contributed by atoms with Gasteiger partial charge in [-0.1, -0.05) is 48.3 Å². The van der Waals surface area contributed by atoms with Crippen molar-refractivity contribution in [3.8, 4) is 11.1 Å². The molecular formula is C20H16Cl2O2S. The van der Waals surface area contributed by atoms with Crippen LogP contribution in [-0.4, -0.2) is 10.9 Å². The van der Waals surface area contributed by atoms with Gasteiger partial charge in [0.25, 0.3) is 0 Å². The predicted octanol–water partition coefficient (Wildman–Crippen LogP) is 6.47. The number of benzene rings is 1. The Morgan fingerprint density at radius 2 is 2.04 bits per heavy atom. The Bertz CT molecular complexity index is 953. The Kier molecular flexibility index (Phi) is 4.27. The average Bonchev–Trinajstić information content (AvgIpc) is 3.18. The zero-order chi connectivity index (χ0) is 17.7. The molecule has 2 aromatic rings. The van der Waals surface area contributed by atoms with Crippen molar-refractivity contribution in [2.45, 2.75) is 26.2 Å². The number of thiophene rings is 1. The molecule has 1 N–H and O–H groups in total. The molecule has 0 spiro atoms. The van der Waals surface area contributed by atoms with E-state index in [1.165, 1.54) is 11.3 Å². The minimum Gasteiger partial charge on any atom is -0.507 e. The van der Waals surface area contributed by atoms with E-state index >= 15 is 0 Å². The fourth-order valence-electron chi connectivity index (χ4n) is 3.67. The van der Waals surface area contributed by atoms with Crippen LogP contribution in [-0.2, 0) is 11.2 Å². The number of carbonyl (C=O) groups excluding carboxylic acids is 1. The predicted molar refractivity (Wildman–Crippen MR) is 105 cm³/mol. The Labute approximate surface area is 160 Å². The number of fused-ring (bicyclic) bond motifs is 1. The van der Waals surface area contributed by atoms with Crippen LogP contribution in [0.1, 0.15) is 30.9 Å². The lowest BCUT2D eigenvalue weighted by molar-refractivity contribution is -0.116. The van der Waals surface area contributed by atoms with Gasteiger partial charge in [0.1, 0.15) is 10.1 Å².